The number of aromatic nitrogens is 1. The van der Waals surface area contributed by atoms with E-state index >= 15 is 0 Å². The first kappa shape index (κ1) is 35.8. The molecule has 8 rings (SSSR count). The second-order valence-corrected chi connectivity index (χ2v) is 15.3. The number of benzene rings is 3. The molecule has 1 atom stereocenters. The number of aryl methyl sites for hydroxylation is 1. The normalized spacial score (nSPS) is 19.9. The zero-order valence-corrected chi connectivity index (χ0v) is 30.6. The van der Waals surface area contributed by atoms with Gasteiger partial charge >= 0.3 is 5.97 Å². The first-order valence-electron chi connectivity index (χ1n) is 19.6. The molecule has 1 unspecified atom stereocenters. The van der Waals surface area contributed by atoms with Crippen molar-refractivity contribution in [1.29, 1.82) is 0 Å². The van der Waals surface area contributed by atoms with Crippen molar-refractivity contribution in [2.75, 3.05) is 31.6 Å². The van der Waals surface area contributed by atoms with Gasteiger partial charge in [-0.15, -0.1) is 0 Å². The standard InChI is InChI=1S/C44H48N4O6/c49-37(50)22-15-29-13-16-32(17-14-29)45-43(53)44(23-7-8-24-44)46-41(51)34-18-19-35-38(30-9-3-1-4-10-30)39(31-11-5-2-6-12-31)48-36(21-20-33(34)40(35)48)42(52)47-25-27-54-28-26-47/h2,5-6,11-19,22,30,36H,1,3-4,7-10,20-21,23-28H2,(H,45,53)(H,46,51)(H,49,50)/b22-15+. The molecule has 3 amide bonds. The summed E-state index contributed by atoms with van der Waals surface area (Å²) >= 11 is 0. The molecule has 3 aromatic carbocycles. The first-order chi connectivity index (χ1) is 26.3. The summed E-state index contributed by atoms with van der Waals surface area (Å²) in [6.45, 7) is 2.21. The van der Waals surface area contributed by atoms with Crippen LogP contribution in [0.25, 0.3) is 28.2 Å². The summed E-state index contributed by atoms with van der Waals surface area (Å²) in [4.78, 5) is 55.9. The number of carbonyl (C=O) groups is 4. The van der Waals surface area contributed by atoms with Crippen LogP contribution >= 0.6 is 0 Å². The van der Waals surface area contributed by atoms with Gasteiger partial charge in [-0.05, 0) is 91.0 Å². The van der Waals surface area contributed by atoms with Crippen LogP contribution in [0.15, 0.2) is 72.8 Å². The molecule has 280 valence electrons. The predicted molar refractivity (Wildman–Crippen MR) is 208 cm³/mol. The number of carboxylic acid groups (broad SMARTS) is 1. The van der Waals surface area contributed by atoms with Gasteiger partial charge in [0.2, 0.25) is 11.8 Å². The summed E-state index contributed by atoms with van der Waals surface area (Å²) in [6.07, 6.45) is 12.2. The summed E-state index contributed by atoms with van der Waals surface area (Å²) in [5.41, 5.74) is 6.14. The Morgan fingerprint density at radius 1 is 0.833 bits per heavy atom. The Kier molecular flexibility index (Phi) is 10.1. The molecule has 3 N–H and O–H groups in total. The lowest BCUT2D eigenvalue weighted by atomic mass is 9.81. The Balaban J connectivity index is 1.19. The molecular weight excluding hydrogens is 681 g/mol. The van der Waals surface area contributed by atoms with Crippen molar-refractivity contribution < 1.29 is 29.0 Å². The van der Waals surface area contributed by atoms with E-state index < -0.39 is 17.6 Å². The molecule has 10 nitrogen and oxygen atoms in total. The summed E-state index contributed by atoms with van der Waals surface area (Å²) in [7, 11) is 0. The zero-order valence-electron chi connectivity index (χ0n) is 30.6. The third-order valence-corrected chi connectivity index (χ3v) is 12.0. The summed E-state index contributed by atoms with van der Waals surface area (Å²) < 4.78 is 7.90. The lowest BCUT2D eigenvalue weighted by molar-refractivity contribution is -0.139. The number of hydrogen-bond acceptors (Lipinski definition) is 5. The molecule has 3 heterocycles. The molecule has 0 spiro atoms. The fourth-order valence-electron chi connectivity index (χ4n) is 9.38. The summed E-state index contributed by atoms with van der Waals surface area (Å²) in [5.74, 6) is -1.10. The van der Waals surface area contributed by atoms with Crippen molar-refractivity contribution in [2.24, 2.45) is 0 Å². The van der Waals surface area contributed by atoms with E-state index in [1.165, 1.54) is 30.9 Å². The smallest absolute Gasteiger partial charge is 0.328 e. The predicted octanol–water partition coefficient (Wildman–Crippen LogP) is 7.48. The lowest BCUT2D eigenvalue weighted by Crippen LogP contribution is -2.55. The third kappa shape index (κ3) is 6.83. The number of aliphatic carboxylic acids is 1. The first-order valence-corrected chi connectivity index (χ1v) is 19.6. The Morgan fingerprint density at radius 3 is 2.26 bits per heavy atom. The minimum atomic E-state index is -1.07. The van der Waals surface area contributed by atoms with Crippen LogP contribution in [-0.4, -0.2) is 70.1 Å². The molecule has 10 heteroatoms. The van der Waals surface area contributed by atoms with Gasteiger partial charge in [-0.3, -0.25) is 14.4 Å². The number of nitrogens with one attached hydrogen (secondary N) is 2. The summed E-state index contributed by atoms with van der Waals surface area (Å²) in [5, 5.41) is 16.3. The maximum absolute atomic E-state index is 14.6. The zero-order chi connectivity index (χ0) is 37.2. The van der Waals surface area contributed by atoms with Gasteiger partial charge in [0.1, 0.15) is 11.6 Å². The van der Waals surface area contributed by atoms with Crippen molar-refractivity contribution in [2.45, 2.75) is 88.1 Å². The number of anilines is 1. The van der Waals surface area contributed by atoms with Gasteiger partial charge in [-0.2, -0.15) is 0 Å². The van der Waals surface area contributed by atoms with Gasteiger partial charge < -0.3 is 29.9 Å². The number of carbonyl (C=O) groups excluding carboxylic acids is 3. The average molecular weight is 729 g/mol. The van der Waals surface area contributed by atoms with Crippen molar-refractivity contribution in [1.82, 2.24) is 14.8 Å². The average Bonchev–Trinajstić information content (AvgIpc) is 3.83. The SMILES string of the molecule is O=C(O)/C=C/c1ccc(NC(=O)C2(NC(=O)c3ccc4c(C5CCCCC5)c(-c5ccccc5)n5c4c3CCC5C(=O)N3CCOCC3)CCCC2)cc1. The van der Waals surface area contributed by atoms with E-state index in [9.17, 15) is 19.2 Å². The maximum Gasteiger partial charge on any atom is 0.328 e. The van der Waals surface area contributed by atoms with Crippen molar-refractivity contribution in [3.05, 3.63) is 95.1 Å². The Hall–Kier alpha value is -5.22. The number of hydrogen-bond donors (Lipinski definition) is 3. The number of carboxylic acids is 1. The Labute approximate surface area is 315 Å². The van der Waals surface area contributed by atoms with E-state index in [1.807, 2.05) is 17.0 Å². The molecule has 4 aliphatic rings. The molecule has 4 aromatic rings. The van der Waals surface area contributed by atoms with E-state index in [4.69, 9.17) is 9.84 Å². The van der Waals surface area contributed by atoms with E-state index in [0.29, 0.717) is 74.7 Å². The minimum absolute atomic E-state index is 0.107. The van der Waals surface area contributed by atoms with E-state index in [0.717, 1.165) is 59.5 Å². The molecule has 2 saturated carbocycles. The minimum Gasteiger partial charge on any atom is -0.478 e. The van der Waals surface area contributed by atoms with Crippen molar-refractivity contribution in [3.63, 3.8) is 0 Å². The van der Waals surface area contributed by atoms with Gasteiger partial charge in [0.05, 0.1) is 24.4 Å². The maximum atomic E-state index is 14.6. The van der Waals surface area contributed by atoms with Crippen LogP contribution in [0.1, 0.15) is 103 Å². The highest BCUT2D eigenvalue weighted by Crippen LogP contribution is 2.49. The molecule has 1 saturated heterocycles. The molecule has 3 fully saturated rings. The highest BCUT2D eigenvalue weighted by Gasteiger charge is 2.44. The number of ether oxygens (including phenoxy) is 1. The van der Waals surface area contributed by atoms with E-state index in [-0.39, 0.29) is 17.7 Å². The number of morpholine rings is 1. The summed E-state index contributed by atoms with van der Waals surface area (Å²) in [6, 6.07) is 21.0. The highest BCUT2D eigenvalue weighted by atomic mass is 16.5. The van der Waals surface area contributed by atoms with Gasteiger partial charge in [-0.25, -0.2) is 4.79 Å². The topological polar surface area (TPSA) is 130 Å². The molecule has 2 aliphatic heterocycles. The molecular formula is C44H48N4O6. The Morgan fingerprint density at radius 2 is 1.56 bits per heavy atom. The van der Waals surface area contributed by atoms with Gasteiger partial charge in [-0.1, -0.05) is 80.6 Å². The molecule has 0 radical (unpaired) electrons. The largest absolute Gasteiger partial charge is 0.478 e. The second-order valence-electron chi connectivity index (χ2n) is 15.3. The van der Waals surface area contributed by atoms with E-state index in [2.05, 4.69) is 45.5 Å². The van der Waals surface area contributed by atoms with Crippen LogP contribution in [0.2, 0.25) is 0 Å². The monoisotopic (exact) mass is 728 g/mol. The molecule has 54 heavy (non-hydrogen) atoms. The van der Waals surface area contributed by atoms with Crippen LogP contribution in [0.5, 0.6) is 0 Å². The van der Waals surface area contributed by atoms with E-state index in [1.54, 1.807) is 24.3 Å². The number of rotatable bonds is 9. The van der Waals surface area contributed by atoms with Crippen LogP contribution < -0.4 is 10.6 Å². The van der Waals surface area contributed by atoms with Crippen LogP contribution in [0, 0.1) is 0 Å². The quantitative estimate of drug-likeness (QED) is 0.153. The van der Waals surface area contributed by atoms with Crippen LogP contribution in [0.4, 0.5) is 5.69 Å². The molecule has 1 aromatic heterocycles. The molecule has 2 aliphatic carbocycles. The lowest BCUT2D eigenvalue weighted by Gasteiger charge is -2.35. The fraction of sp³-hybridized carbons (Fsp3) is 0.409. The van der Waals surface area contributed by atoms with Gasteiger partial charge in [0, 0.05) is 35.8 Å². The fourth-order valence-corrected chi connectivity index (χ4v) is 9.38. The van der Waals surface area contributed by atoms with Gasteiger partial charge in [0.15, 0.2) is 0 Å². The Bertz CT molecular complexity index is 2080. The van der Waals surface area contributed by atoms with Crippen molar-refractivity contribution >= 4 is 46.4 Å². The molecule has 0 bridgehead atoms. The number of nitrogens with zero attached hydrogens (tertiary/aromatic N) is 2. The van der Waals surface area contributed by atoms with Gasteiger partial charge in [0.25, 0.3) is 5.91 Å². The number of amides is 3. The van der Waals surface area contributed by atoms with Crippen LogP contribution in [0.3, 0.4) is 0 Å². The second kappa shape index (κ2) is 15.3. The van der Waals surface area contributed by atoms with Crippen LogP contribution in [-0.2, 0) is 25.5 Å². The van der Waals surface area contributed by atoms with Crippen molar-refractivity contribution in [3.8, 4) is 11.3 Å². The third-order valence-electron chi connectivity index (χ3n) is 12.0. The highest BCUT2D eigenvalue weighted by molar-refractivity contribution is 6.08.